The predicted molar refractivity (Wildman–Crippen MR) is 71.4 cm³/mol. The van der Waals surface area contributed by atoms with Gasteiger partial charge >= 0.3 is 0 Å². The number of fused-ring (bicyclic) bond motifs is 1. The monoisotopic (exact) mass is 275 g/mol. The highest BCUT2D eigenvalue weighted by atomic mass is 16.5. The fourth-order valence-corrected chi connectivity index (χ4v) is 1.73. The Balaban J connectivity index is 1.95. The third kappa shape index (κ3) is 2.12. The summed E-state index contributed by atoms with van der Waals surface area (Å²) in [5.74, 6) is 1.13. The van der Waals surface area contributed by atoms with Gasteiger partial charge in [0.25, 0.3) is 0 Å². The summed E-state index contributed by atoms with van der Waals surface area (Å²) in [6.45, 7) is 1.13. The van der Waals surface area contributed by atoms with Crippen LogP contribution in [-0.2, 0) is 4.74 Å². The van der Waals surface area contributed by atoms with E-state index in [1.54, 1.807) is 7.11 Å². The van der Waals surface area contributed by atoms with E-state index in [1.165, 1.54) is 17.3 Å². The van der Waals surface area contributed by atoms with Crippen LogP contribution in [0.3, 0.4) is 0 Å². The molecule has 0 saturated carbocycles. The molecule has 4 N–H and O–H groups in total. The standard InChI is InChI=1S/C10H13N9O/c1-20-3-2-12-10-17-9(11)19(18-10)8-6-7(14-4-13-6)15-5-16-8/h4-5H,2-3H2,1H3,(H3,11,12,17,18)(H,13,14,15,16). The minimum atomic E-state index is 0.222. The molecule has 0 spiro atoms. The number of nitrogens with zero attached hydrogens (tertiary/aromatic N) is 6. The molecule has 0 saturated heterocycles. The van der Waals surface area contributed by atoms with Gasteiger partial charge in [-0.05, 0) is 0 Å². The van der Waals surface area contributed by atoms with Gasteiger partial charge in [-0.2, -0.15) is 9.67 Å². The second-order valence-electron chi connectivity index (χ2n) is 3.92. The Labute approximate surface area is 113 Å². The molecule has 0 aliphatic rings. The molecule has 3 heterocycles. The average molecular weight is 275 g/mol. The summed E-state index contributed by atoms with van der Waals surface area (Å²) in [5.41, 5.74) is 7.05. The van der Waals surface area contributed by atoms with Gasteiger partial charge in [-0.3, -0.25) is 0 Å². The minimum Gasteiger partial charge on any atom is -0.383 e. The average Bonchev–Trinajstić information content (AvgIpc) is 3.05. The first-order chi connectivity index (χ1) is 9.79. The van der Waals surface area contributed by atoms with E-state index >= 15 is 0 Å². The number of anilines is 2. The van der Waals surface area contributed by atoms with Gasteiger partial charge in [-0.25, -0.2) is 15.0 Å². The van der Waals surface area contributed by atoms with E-state index in [0.29, 0.717) is 36.1 Å². The molecule has 0 radical (unpaired) electrons. The number of nitrogen functional groups attached to an aromatic ring is 1. The first-order valence-electron chi connectivity index (χ1n) is 5.89. The smallest absolute Gasteiger partial charge is 0.244 e. The van der Waals surface area contributed by atoms with E-state index in [9.17, 15) is 0 Å². The topological polar surface area (TPSA) is 132 Å². The van der Waals surface area contributed by atoms with E-state index in [-0.39, 0.29) is 5.95 Å². The maximum absolute atomic E-state index is 5.86. The minimum absolute atomic E-state index is 0.222. The SMILES string of the molecule is COCCNc1nc(N)n(-c2ncnc3nc[nH]c23)n1. The van der Waals surface area contributed by atoms with Crippen LogP contribution in [-0.4, -0.2) is 55.0 Å². The first kappa shape index (κ1) is 12.3. The van der Waals surface area contributed by atoms with Crippen LogP contribution in [0.4, 0.5) is 11.9 Å². The van der Waals surface area contributed by atoms with Crippen LogP contribution in [0.1, 0.15) is 0 Å². The van der Waals surface area contributed by atoms with Gasteiger partial charge < -0.3 is 20.8 Å². The molecule has 3 aromatic rings. The molecule has 3 rings (SSSR count). The van der Waals surface area contributed by atoms with Gasteiger partial charge in [0.1, 0.15) is 11.8 Å². The van der Waals surface area contributed by atoms with Crippen LogP contribution in [0, 0.1) is 0 Å². The molecule has 3 aromatic heterocycles. The van der Waals surface area contributed by atoms with Crippen molar-refractivity contribution in [2.45, 2.75) is 0 Å². The van der Waals surface area contributed by atoms with Gasteiger partial charge in [0.15, 0.2) is 11.5 Å². The Kier molecular flexibility index (Phi) is 3.13. The van der Waals surface area contributed by atoms with Crippen LogP contribution in [0.5, 0.6) is 0 Å². The summed E-state index contributed by atoms with van der Waals surface area (Å²) < 4.78 is 6.37. The lowest BCUT2D eigenvalue weighted by Crippen LogP contribution is -2.09. The Bertz CT molecular complexity index is 718. The molecule has 10 nitrogen and oxygen atoms in total. The summed E-state index contributed by atoms with van der Waals surface area (Å²) in [6, 6.07) is 0. The Hall–Kier alpha value is -2.75. The summed E-state index contributed by atoms with van der Waals surface area (Å²) >= 11 is 0. The van der Waals surface area contributed by atoms with Crippen molar-refractivity contribution in [2.24, 2.45) is 0 Å². The maximum Gasteiger partial charge on any atom is 0.244 e. The molecule has 20 heavy (non-hydrogen) atoms. The van der Waals surface area contributed by atoms with E-state index < -0.39 is 0 Å². The predicted octanol–water partition coefficient (Wildman–Crippen LogP) is -0.426. The lowest BCUT2D eigenvalue weighted by Gasteiger charge is -2.01. The second-order valence-corrected chi connectivity index (χ2v) is 3.92. The molecule has 10 heteroatoms. The summed E-state index contributed by atoms with van der Waals surface area (Å²) in [7, 11) is 1.62. The van der Waals surface area contributed by atoms with Gasteiger partial charge in [0.2, 0.25) is 11.9 Å². The van der Waals surface area contributed by atoms with E-state index in [0.717, 1.165) is 0 Å². The fraction of sp³-hybridized carbons (Fsp3) is 0.300. The van der Waals surface area contributed by atoms with Crippen molar-refractivity contribution in [1.82, 2.24) is 34.7 Å². The number of H-pyrrole nitrogens is 1. The van der Waals surface area contributed by atoms with Crippen molar-refractivity contribution in [2.75, 3.05) is 31.3 Å². The third-order valence-corrected chi connectivity index (χ3v) is 2.63. The molecule has 0 aliphatic carbocycles. The number of hydrogen-bond acceptors (Lipinski definition) is 8. The zero-order chi connectivity index (χ0) is 13.9. The number of methoxy groups -OCH3 is 1. The number of hydrogen-bond donors (Lipinski definition) is 3. The molecular formula is C10H13N9O. The van der Waals surface area contributed by atoms with E-state index in [4.69, 9.17) is 10.5 Å². The summed E-state index contributed by atoms with van der Waals surface area (Å²) in [6.07, 6.45) is 2.94. The highest BCUT2D eigenvalue weighted by molar-refractivity contribution is 5.77. The van der Waals surface area contributed by atoms with E-state index in [2.05, 4.69) is 35.3 Å². The summed E-state index contributed by atoms with van der Waals surface area (Å²) in [5, 5.41) is 7.26. The van der Waals surface area contributed by atoms with Crippen molar-refractivity contribution >= 4 is 23.1 Å². The normalized spacial score (nSPS) is 11.1. The summed E-state index contributed by atoms with van der Waals surface area (Å²) in [4.78, 5) is 19.3. The fourth-order valence-electron chi connectivity index (χ4n) is 1.73. The Morgan fingerprint density at radius 2 is 2.30 bits per heavy atom. The quantitative estimate of drug-likeness (QED) is 0.534. The van der Waals surface area contributed by atoms with Gasteiger partial charge in [0, 0.05) is 13.7 Å². The van der Waals surface area contributed by atoms with Gasteiger partial charge in [-0.15, -0.1) is 5.10 Å². The molecule has 0 aromatic carbocycles. The first-order valence-corrected chi connectivity index (χ1v) is 5.89. The molecule has 104 valence electrons. The zero-order valence-corrected chi connectivity index (χ0v) is 10.7. The van der Waals surface area contributed by atoms with Crippen molar-refractivity contribution in [3.05, 3.63) is 12.7 Å². The van der Waals surface area contributed by atoms with Crippen LogP contribution >= 0.6 is 0 Å². The van der Waals surface area contributed by atoms with Crippen molar-refractivity contribution in [1.29, 1.82) is 0 Å². The molecule has 0 aliphatic heterocycles. The van der Waals surface area contributed by atoms with E-state index in [1.807, 2.05) is 0 Å². The van der Waals surface area contributed by atoms with Crippen LogP contribution in [0.25, 0.3) is 17.0 Å². The molecule has 0 amide bonds. The van der Waals surface area contributed by atoms with Gasteiger partial charge in [-0.1, -0.05) is 0 Å². The largest absolute Gasteiger partial charge is 0.383 e. The van der Waals surface area contributed by atoms with Crippen LogP contribution in [0.15, 0.2) is 12.7 Å². The van der Waals surface area contributed by atoms with Gasteiger partial charge in [0.05, 0.1) is 12.9 Å². The molecule has 0 unspecified atom stereocenters. The highest BCUT2D eigenvalue weighted by Gasteiger charge is 2.14. The number of rotatable bonds is 5. The number of ether oxygens (including phenoxy) is 1. The number of aromatic nitrogens is 7. The molecule has 0 bridgehead atoms. The lowest BCUT2D eigenvalue weighted by molar-refractivity contribution is 0.210. The van der Waals surface area contributed by atoms with Crippen LogP contribution < -0.4 is 11.1 Å². The van der Waals surface area contributed by atoms with Crippen molar-refractivity contribution < 1.29 is 4.74 Å². The third-order valence-electron chi connectivity index (χ3n) is 2.63. The Morgan fingerprint density at radius 1 is 1.40 bits per heavy atom. The highest BCUT2D eigenvalue weighted by Crippen LogP contribution is 2.17. The maximum atomic E-state index is 5.86. The molecular weight excluding hydrogens is 262 g/mol. The number of nitrogens with two attached hydrogens (primary N) is 1. The molecule has 0 fully saturated rings. The molecule has 0 atom stereocenters. The van der Waals surface area contributed by atoms with Crippen molar-refractivity contribution in [3.63, 3.8) is 0 Å². The number of nitrogens with one attached hydrogen (secondary N) is 2. The van der Waals surface area contributed by atoms with Crippen molar-refractivity contribution in [3.8, 4) is 5.82 Å². The Morgan fingerprint density at radius 3 is 3.15 bits per heavy atom. The second kappa shape index (κ2) is 5.09. The zero-order valence-electron chi connectivity index (χ0n) is 10.7. The number of aromatic amines is 1. The number of imidazole rings is 1. The van der Waals surface area contributed by atoms with Crippen LogP contribution in [0.2, 0.25) is 0 Å². The lowest BCUT2D eigenvalue weighted by atomic mass is 10.5.